The van der Waals surface area contributed by atoms with Crippen LogP contribution >= 0.6 is 23.2 Å². The van der Waals surface area contributed by atoms with E-state index in [0.29, 0.717) is 11.3 Å². The zero-order chi connectivity index (χ0) is 23.9. The first-order valence-corrected chi connectivity index (χ1v) is 10.8. The molecule has 3 aromatic rings. The van der Waals surface area contributed by atoms with Crippen LogP contribution in [0.5, 0.6) is 11.5 Å². The number of hydrogen-bond acceptors (Lipinski definition) is 8. The van der Waals surface area contributed by atoms with Gasteiger partial charge in [0.15, 0.2) is 5.75 Å². The van der Waals surface area contributed by atoms with Crippen molar-refractivity contribution < 1.29 is 18.8 Å². The molecule has 174 valence electrons. The SMILES string of the molecule is COC1Nc2ccc(Oc3c(Cl)cc(CC(=O)c4noc(=O)[nH]4)cc3Cl)cc2N1C(C)(C)C. The lowest BCUT2D eigenvalue weighted by molar-refractivity contribution is 0.0980. The summed E-state index contributed by atoms with van der Waals surface area (Å²) in [7, 11) is 1.64. The molecule has 4 rings (SSSR count). The summed E-state index contributed by atoms with van der Waals surface area (Å²) in [5.41, 5.74) is 2.16. The minimum Gasteiger partial charge on any atom is -0.454 e. The molecule has 0 spiro atoms. The maximum Gasteiger partial charge on any atom is 0.439 e. The first-order valence-electron chi connectivity index (χ1n) is 10.0. The van der Waals surface area contributed by atoms with Gasteiger partial charge in [0.05, 0.1) is 21.4 Å². The van der Waals surface area contributed by atoms with E-state index in [1.54, 1.807) is 25.3 Å². The topological polar surface area (TPSA) is 110 Å². The Hall–Kier alpha value is -3.01. The van der Waals surface area contributed by atoms with Crippen molar-refractivity contribution in [2.75, 3.05) is 17.3 Å². The molecule has 0 saturated heterocycles. The molecule has 1 aliphatic heterocycles. The third-order valence-electron chi connectivity index (χ3n) is 5.04. The second kappa shape index (κ2) is 8.74. The average molecular weight is 493 g/mol. The van der Waals surface area contributed by atoms with E-state index in [-0.39, 0.29) is 39.9 Å². The number of methoxy groups -OCH3 is 1. The van der Waals surface area contributed by atoms with Crippen LogP contribution in [0.2, 0.25) is 10.0 Å². The van der Waals surface area contributed by atoms with E-state index in [0.717, 1.165) is 11.4 Å². The summed E-state index contributed by atoms with van der Waals surface area (Å²) >= 11 is 12.9. The maximum atomic E-state index is 12.3. The lowest BCUT2D eigenvalue weighted by Gasteiger charge is -2.37. The van der Waals surface area contributed by atoms with Crippen molar-refractivity contribution in [1.82, 2.24) is 10.1 Å². The summed E-state index contributed by atoms with van der Waals surface area (Å²) in [6.45, 7) is 6.27. The van der Waals surface area contributed by atoms with E-state index in [4.69, 9.17) is 32.7 Å². The molecule has 11 heteroatoms. The van der Waals surface area contributed by atoms with E-state index in [1.807, 2.05) is 12.1 Å². The number of benzene rings is 2. The number of carbonyl (C=O) groups is 1. The number of ether oxygens (including phenoxy) is 2. The minimum absolute atomic E-state index is 0.0777. The molecular weight excluding hydrogens is 471 g/mol. The first-order chi connectivity index (χ1) is 15.6. The van der Waals surface area contributed by atoms with Crippen molar-refractivity contribution in [1.29, 1.82) is 0 Å². The fraction of sp³-hybridized carbons (Fsp3) is 0.318. The summed E-state index contributed by atoms with van der Waals surface area (Å²) in [4.78, 5) is 27.6. The number of nitrogens with zero attached hydrogens (tertiary/aromatic N) is 2. The van der Waals surface area contributed by atoms with Crippen molar-refractivity contribution in [2.45, 2.75) is 39.1 Å². The zero-order valence-electron chi connectivity index (χ0n) is 18.4. The Kier molecular flexibility index (Phi) is 6.13. The zero-order valence-corrected chi connectivity index (χ0v) is 19.9. The smallest absolute Gasteiger partial charge is 0.439 e. The fourth-order valence-electron chi connectivity index (χ4n) is 3.65. The van der Waals surface area contributed by atoms with Gasteiger partial charge in [-0.05, 0) is 50.6 Å². The molecule has 0 fully saturated rings. The summed E-state index contributed by atoms with van der Waals surface area (Å²) in [5, 5.41) is 7.19. The molecule has 0 radical (unpaired) electrons. The van der Waals surface area contributed by atoms with Gasteiger partial charge >= 0.3 is 5.76 Å². The second-order valence-corrected chi connectivity index (χ2v) is 9.30. The van der Waals surface area contributed by atoms with Crippen molar-refractivity contribution >= 4 is 40.4 Å². The molecule has 1 aliphatic rings. The molecule has 2 N–H and O–H groups in total. The number of H-pyrrole nitrogens is 1. The van der Waals surface area contributed by atoms with Gasteiger partial charge in [0, 0.05) is 25.1 Å². The molecule has 1 unspecified atom stereocenters. The Balaban J connectivity index is 1.58. The molecule has 0 saturated carbocycles. The van der Waals surface area contributed by atoms with Gasteiger partial charge in [-0.1, -0.05) is 28.4 Å². The lowest BCUT2D eigenvalue weighted by atomic mass is 10.1. The molecular formula is C22H22Cl2N4O5. The van der Waals surface area contributed by atoms with Crippen LogP contribution in [0.15, 0.2) is 39.6 Å². The van der Waals surface area contributed by atoms with Crippen molar-refractivity contribution in [3.63, 3.8) is 0 Å². The van der Waals surface area contributed by atoms with E-state index in [2.05, 4.69) is 45.7 Å². The Morgan fingerprint density at radius 2 is 1.91 bits per heavy atom. The summed E-state index contributed by atoms with van der Waals surface area (Å²) in [5.74, 6) is -0.611. The van der Waals surface area contributed by atoms with Crippen LogP contribution in [0.1, 0.15) is 37.0 Å². The van der Waals surface area contributed by atoms with Gasteiger partial charge < -0.3 is 19.7 Å². The summed E-state index contributed by atoms with van der Waals surface area (Å²) in [6.07, 6.45) is -0.384. The summed E-state index contributed by atoms with van der Waals surface area (Å²) in [6, 6.07) is 8.75. The molecule has 0 bridgehead atoms. The number of ketones is 1. The van der Waals surface area contributed by atoms with Crippen molar-refractivity contribution in [3.05, 3.63) is 62.3 Å². The molecule has 0 amide bonds. The Morgan fingerprint density at radius 1 is 1.21 bits per heavy atom. The Morgan fingerprint density at radius 3 is 2.48 bits per heavy atom. The third kappa shape index (κ3) is 4.71. The number of anilines is 2. The molecule has 0 aliphatic carbocycles. The number of aromatic amines is 1. The van der Waals surface area contributed by atoms with Crippen LogP contribution in [-0.4, -0.2) is 34.9 Å². The molecule has 1 atom stereocenters. The number of nitrogens with one attached hydrogen (secondary N) is 2. The molecule has 33 heavy (non-hydrogen) atoms. The lowest BCUT2D eigenvalue weighted by Crippen LogP contribution is -2.49. The van der Waals surface area contributed by atoms with Gasteiger partial charge in [-0.15, -0.1) is 0 Å². The Labute approximate surface area is 199 Å². The quantitative estimate of drug-likeness (QED) is 0.470. The monoisotopic (exact) mass is 492 g/mol. The van der Waals surface area contributed by atoms with Gasteiger partial charge in [0.2, 0.25) is 18.0 Å². The van der Waals surface area contributed by atoms with Crippen LogP contribution in [0.3, 0.4) is 0 Å². The van der Waals surface area contributed by atoms with Gasteiger partial charge in [0.25, 0.3) is 0 Å². The number of halogens is 2. The van der Waals surface area contributed by atoms with Crippen molar-refractivity contribution in [2.24, 2.45) is 0 Å². The predicted octanol–water partition coefficient (Wildman–Crippen LogP) is 4.85. The molecule has 1 aromatic heterocycles. The molecule has 9 nitrogen and oxygen atoms in total. The van der Waals surface area contributed by atoms with E-state index in [1.165, 1.54) is 0 Å². The number of hydrogen-bond donors (Lipinski definition) is 2. The number of fused-ring (bicyclic) bond motifs is 1. The highest BCUT2D eigenvalue weighted by Gasteiger charge is 2.36. The Bertz CT molecular complexity index is 1240. The maximum absolute atomic E-state index is 12.3. The number of carbonyl (C=O) groups excluding carboxylic acids is 1. The van der Waals surface area contributed by atoms with Gasteiger partial charge in [-0.2, -0.15) is 0 Å². The van der Waals surface area contributed by atoms with Crippen molar-refractivity contribution in [3.8, 4) is 11.5 Å². The normalized spacial score (nSPS) is 15.3. The standard InChI is InChI=1S/C22H22Cl2N4O5/c1-22(2,3)28-16-10-12(5-6-15(16)25-20(28)31-4)32-18-13(23)7-11(8-14(18)24)9-17(29)19-26-21(30)33-27-19/h5-8,10,20,25H,9H2,1-4H3,(H,26,27,30). The van der Waals surface area contributed by atoms with Crippen LogP contribution in [0, 0.1) is 0 Å². The number of rotatable bonds is 6. The molecule has 2 heterocycles. The van der Waals surface area contributed by atoms with E-state index >= 15 is 0 Å². The van der Waals surface area contributed by atoms with E-state index < -0.39 is 11.5 Å². The third-order valence-corrected chi connectivity index (χ3v) is 5.60. The highest BCUT2D eigenvalue weighted by Crippen LogP contribution is 2.44. The number of Topliss-reactive ketones (excluding diaryl/α,β-unsaturated/α-hetero) is 1. The number of aromatic nitrogens is 2. The van der Waals surface area contributed by atoms with E-state index in [9.17, 15) is 9.59 Å². The molecule has 2 aromatic carbocycles. The minimum atomic E-state index is -0.801. The van der Waals surface area contributed by atoms with Crippen LogP contribution in [0.25, 0.3) is 0 Å². The first kappa shape index (κ1) is 23.2. The average Bonchev–Trinajstić information content (AvgIpc) is 3.33. The second-order valence-electron chi connectivity index (χ2n) is 8.49. The highest BCUT2D eigenvalue weighted by molar-refractivity contribution is 6.37. The highest BCUT2D eigenvalue weighted by atomic mass is 35.5. The van der Waals surface area contributed by atoms with Gasteiger partial charge in [0.1, 0.15) is 5.75 Å². The van der Waals surface area contributed by atoms with Crippen LogP contribution in [0.4, 0.5) is 11.4 Å². The largest absolute Gasteiger partial charge is 0.454 e. The summed E-state index contributed by atoms with van der Waals surface area (Å²) < 4.78 is 16.0. The fourth-order valence-corrected chi connectivity index (χ4v) is 4.26. The van der Waals surface area contributed by atoms with Gasteiger partial charge in [-0.25, -0.2) is 4.79 Å². The predicted molar refractivity (Wildman–Crippen MR) is 125 cm³/mol. The van der Waals surface area contributed by atoms with Crippen LogP contribution < -0.4 is 20.7 Å². The van der Waals surface area contributed by atoms with Crippen LogP contribution in [-0.2, 0) is 11.2 Å². The van der Waals surface area contributed by atoms with Gasteiger partial charge in [-0.3, -0.25) is 14.3 Å².